The molecule has 2 fully saturated rings. The first-order valence-electron chi connectivity index (χ1n) is 8.34. The van der Waals surface area contributed by atoms with E-state index in [4.69, 9.17) is 4.74 Å². The Hall–Kier alpha value is -0.160. The second kappa shape index (κ2) is 7.74. The largest absolute Gasteiger partial charge is 0.381 e. The van der Waals surface area contributed by atoms with Gasteiger partial charge in [0.25, 0.3) is 0 Å². The number of piperidine rings is 1. The van der Waals surface area contributed by atoms with Crippen molar-refractivity contribution in [2.24, 2.45) is 5.41 Å². The summed E-state index contributed by atoms with van der Waals surface area (Å²) in [5.41, 5.74) is 0.323. The minimum atomic E-state index is 0.323. The van der Waals surface area contributed by atoms with Crippen molar-refractivity contribution in [3.63, 3.8) is 0 Å². The highest BCUT2D eigenvalue weighted by Gasteiger charge is 2.35. The molecular formula is C16H33N3O. The Morgan fingerprint density at radius 1 is 1.35 bits per heavy atom. The first-order valence-corrected chi connectivity index (χ1v) is 8.34. The molecule has 0 amide bonds. The highest BCUT2D eigenvalue weighted by Crippen LogP contribution is 2.30. The molecule has 118 valence electrons. The molecule has 2 aliphatic heterocycles. The fraction of sp³-hybridized carbons (Fsp3) is 1.00. The number of ether oxygens (including phenoxy) is 1. The van der Waals surface area contributed by atoms with Gasteiger partial charge in [0.2, 0.25) is 0 Å². The van der Waals surface area contributed by atoms with Gasteiger partial charge in [-0.15, -0.1) is 0 Å². The predicted molar refractivity (Wildman–Crippen MR) is 84.2 cm³/mol. The summed E-state index contributed by atoms with van der Waals surface area (Å²) in [6.07, 6.45) is 5.15. The van der Waals surface area contributed by atoms with Crippen LogP contribution in [0, 0.1) is 5.41 Å². The van der Waals surface area contributed by atoms with Crippen LogP contribution < -0.4 is 5.32 Å². The van der Waals surface area contributed by atoms with Crippen molar-refractivity contribution in [1.82, 2.24) is 15.1 Å². The average molecular weight is 283 g/mol. The summed E-state index contributed by atoms with van der Waals surface area (Å²) in [4.78, 5) is 5.18. The van der Waals surface area contributed by atoms with Gasteiger partial charge in [-0.25, -0.2) is 0 Å². The van der Waals surface area contributed by atoms with Gasteiger partial charge in [0, 0.05) is 31.2 Å². The molecule has 0 aromatic rings. The van der Waals surface area contributed by atoms with E-state index in [9.17, 15) is 0 Å². The van der Waals surface area contributed by atoms with Crippen molar-refractivity contribution in [2.45, 2.75) is 38.6 Å². The maximum atomic E-state index is 5.79. The van der Waals surface area contributed by atoms with E-state index < -0.39 is 0 Å². The molecule has 0 bridgehead atoms. The van der Waals surface area contributed by atoms with Gasteiger partial charge in [0.15, 0.2) is 0 Å². The van der Waals surface area contributed by atoms with Crippen molar-refractivity contribution in [1.29, 1.82) is 0 Å². The Balaban J connectivity index is 1.86. The average Bonchev–Trinajstić information content (AvgIpc) is 2.48. The third kappa shape index (κ3) is 4.17. The van der Waals surface area contributed by atoms with Gasteiger partial charge >= 0.3 is 0 Å². The smallest absolute Gasteiger partial charge is 0.0546 e. The molecule has 0 spiro atoms. The van der Waals surface area contributed by atoms with E-state index in [1.807, 2.05) is 0 Å². The molecule has 20 heavy (non-hydrogen) atoms. The SMILES string of the molecule is CCN1CCC(N(C)CC2(CNC)CCCOC2)CC1. The molecule has 4 heteroatoms. The zero-order valence-corrected chi connectivity index (χ0v) is 13.7. The summed E-state index contributed by atoms with van der Waals surface area (Å²) in [6, 6.07) is 0.758. The van der Waals surface area contributed by atoms with Gasteiger partial charge in [-0.1, -0.05) is 6.92 Å². The lowest BCUT2D eigenvalue weighted by molar-refractivity contribution is -0.0314. The number of nitrogens with one attached hydrogen (secondary N) is 1. The monoisotopic (exact) mass is 283 g/mol. The fourth-order valence-electron chi connectivity index (χ4n) is 3.94. The molecule has 2 rings (SSSR count). The van der Waals surface area contributed by atoms with Crippen LogP contribution >= 0.6 is 0 Å². The van der Waals surface area contributed by atoms with Crippen LogP contribution in [-0.4, -0.2) is 75.9 Å². The molecule has 4 nitrogen and oxygen atoms in total. The summed E-state index contributed by atoms with van der Waals surface area (Å²) in [5.74, 6) is 0. The molecule has 0 aromatic carbocycles. The molecule has 0 aromatic heterocycles. The standard InChI is InChI=1S/C16H33N3O/c1-4-19-9-6-15(7-10-19)18(3)13-16(12-17-2)8-5-11-20-14-16/h15,17H,4-14H2,1-3H3. The van der Waals surface area contributed by atoms with Gasteiger partial charge in [-0.3, -0.25) is 0 Å². The zero-order valence-electron chi connectivity index (χ0n) is 13.7. The van der Waals surface area contributed by atoms with E-state index in [1.165, 1.54) is 51.9 Å². The van der Waals surface area contributed by atoms with Crippen LogP contribution in [-0.2, 0) is 4.74 Å². The minimum Gasteiger partial charge on any atom is -0.381 e. The lowest BCUT2D eigenvalue weighted by Gasteiger charge is -2.44. The van der Waals surface area contributed by atoms with Crippen LogP contribution in [0.2, 0.25) is 0 Å². The predicted octanol–water partition coefficient (Wildman–Crippen LogP) is 1.42. The van der Waals surface area contributed by atoms with Crippen LogP contribution in [0.15, 0.2) is 0 Å². The zero-order chi connectivity index (χ0) is 14.4. The van der Waals surface area contributed by atoms with E-state index >= 15 is 0 Å². The van der Waals surface area contributed by atoms with E-state index in [1.54, 1.807) is 0 Å². The Labute approximate surface area is 124 Å². The van der Waals surface area contributed by atoms with Crippen molar-refractivity contribution in [3.8, 4) is 0 Å². The molecule has 1 unspecified atom stereocenters. The molecular weight excluding hydrogens is 250 g/mol. The summed E-state index contributed by atoms with van der Waals surface area (Å²) in [7, 11) is 4.38. The lowest BCUT2D eigenvalue weighted by atomic mass is 9.81. The van der Waals surface area contributed by atoms with Crippen molar-refractivity contribution >= 4 is 0 Å². The molecule has 0 aliphatic carbocycles. The molecule has 0 saturated carbocycles. The molecule has 2 heterocycles. The molecule has 2 saturated heterocycles. The van der Waals surface area contributed by atoms with Gasteiger partial charge < -0.3 is 19.9 Å². The highest BCUT2D eigenvalue weighted by atomic mass is 16.5. The fourth-order valence-corrected chi connectivity index (χ4v) is 3.94. The Morgan fingerprint density at radius 2 is 2.10 bits per heavy atom. The Bertz CT molecular complexity index is 265. The van der Waals surface area contributed by atoms with E-state index in [0.29, 0.717) is 5.41 Å². The van der Waals surface area contributed by atoms with Crippen LogP contribution in [0.3, 0.4) is 0 Å². The number of nitrogens with zero attached hydrogens (tertiary/aromatic N) is 2. The van der Waals surface area contributed by atoms with Crippen molar-refractivity contribution in [2.75, 3.05) is 60.0 Å². The Kier molecular flexibility index (Phi) is 6.27. The normalized spacial score (nSPS) is 30.0. The first kappa shape index (κ1) is 16.2. The van der Waals surface area contributed by atoms with E-state index in [-0.39, 0.29) is 0 Å². The molecule has 2 aliphatic rings. The first-order chi connectivity index (χ1) is 9.69. The number of hydrogen-bond acceptors (Lipinski definition) is 4. The summed E-state index contributed by atoms with van der Waals surface area (Å²) < 4.78 is 5.79. The lowest BCUT2D eigenvalue weighted by Crippen LogP contribution is -2.51. The highest BCUT2D eigenvalue weighted by molar-refractivity contribution is 4.89. The number of likely N-dealkylation sites (tertiary alicyclic amines) is 1. The summed E-state index contributed by atoms with van der Waals surface area (Å²) >= 11 is 0. The Morgan fingerprint density at radius 3 is 2.65 bits per heavy atom. The second-order valence-electron chi connectivity index (χ2n) is 6.77. The van der Waals surface area contributed by atoms with Crippen molar-refractivity contribution < 1.29 is 4.74 Å². The van der Waals surface area contributed by atoms with E-state index in [2.05, 4.69) is 36.1 Å². The quantitative estimate of drug-likeness (QED) is 0.798. The third-order valence-corrected chi connectivity index (χ3v) is 5.17. The van der Waals surface area contributed by atoms with Gasteiger partial charge in [-0.05, 0) is 59.4 Å². The van der Waals surface area contributed by atoms with Crippen LogP contribution in [0.5, 0.6) is 0 Å². The summed E-state index contributed by atoms with van der Waals surface area (Å²) in [5, 5.41) is 3.39. The van der Waals surface area contributed by atoms with Crippen LogP contribution in [0.4, 0.5) is 0 Å². The second-order valence-corrected chi connectivity index (χ2v) is 6.77. The van der Waals surface area contributed by atoms with Gasteiger partial charge in [0.1, 0.15) is 0 Å². The summed E-state index contributed by atoms with van der Waals surface area (Å²) in [6.45, 7) is 10.1. The molecule has 1 atom stereocenters. The number of hydrogen-bond donors (Lipinski definition) is 1. The minimum absolute atomic E-state index is 0.323. The van der Waals surface area contributed by atoms with E-state index in [0.717, 1.165) is 25.8 Å². The van der Waals surface area contributed by atoms with Crippen LogP contribution in [0.25, 0.3) is 0 Å². The maximum Gasteiger partial charge on any atom is 0.0546 e. The van der Waals surface area contributed by atoms with Crippen molar-refractivity contribution in [3.05, 3.63) is 0 Å². The maximum absolute atomic E-state index is 5.79. The molecule has 0 radical (unpaired) electrons. The third-order valence-electron chi connectivity index (χ3n) is 5.17. The number of rotatable bonds is 6. The van der Waals surface area contributed by atoms with Gasteiger partial charge in [-0.2, -0.15) is 0 Å². The topological polar surface area (TPSA) is 27.7 Å². The van der Waals surface area contributed by atoms with Gasteiger partial charge in [0.05, 0.1) is 6.61 Å². The van der Waals surface area contributed by atoms with Crippen LogP contribution in [0.1, 0.15) is 32.6 Å². The molecule has 1 N–H and O–H groups in total.